The van der Waals surface area contributed by atoms with Gasteiger partial charge in [0.2, 0.25) is 0 Å². The largest absolute Gasteiger partial charge is 0.504 e. The van der Waals surface area contributed by atoms with Gasteiger partial charge in [-0.3, -0.25) is 0 Å². The first-order valence-electron chi connectivity index (χ1n) is 3.55. The van der Waals surface area contributed by atoms with Crippen LogP contribution in [-0.2, 0) is 9.84 Å². The SMILES string of the molecule is Cc1c(S(C)(=O)=O)ccc(O)c1O. The van der Waals surface area contributed by atoms with Crippen molar-refractivity contribution in [1.29, 1.82) is 0 Å². The highest BCUT2D eigenvalue weighted by Crippen LogP contribution is 2.32. The third-order valence-electron chi connectivity index (χ3n) is 1.76. The lowest BCUT2D eigenvalue weighted by Gasteiger charge is -2.06. The summed E-state index contributed by atoms with van der Waals surface area (Å²) < 4.78 is 22.2. The second-order valence-corrected chi connectivity index (χ2v) is 4.81. The van der Waals surface area contributed by atoms with Crippen molar-refractivity contribution in [2.24, 2.45) is 0 Å². The molecule has 0 heterocycles. The first kappa shape index (κ1) is 9.85. The fourth-order valence-electron chi connectivity index (χ4n) is 1.07. The van der Waals surface area contributed by atoms with Gasteiger partial charge in [-0.2, -0.15) is 0 Å². The summed E-state index contributed by atoms with van der Waals surface area (Å²) in [6.45, 7) is 1.44. The van der Waals surface area contributed by atoms with Crippen molar-refractivity contribution in [1.82, 2.24) is 0 Å². The molecule has 0 aromatic heterocycles. The zero-order valence-electron chi connectivity index (χ0n) is 7.27. The maximum atomic E-state index is 11.1. The molecule has 13 heavy (non-hydrogen) atoms. The van der Waals surface area contributed by atoms with Gasteiger partial charge in [0.25, 0.3) is 0 Å². The van der Waals surface area contributed by atoms with Crippen LogP contribution in [0, 0.1) is 6.92 Å². The molecule has 5 heteroatoms. The Labute approximate surface area is 76.4 Å². The molecule has 0 bridgehead atoms. The maximum Gasteiger partial charge on any atom is 0.175 e. The average Bonchev–Trinajstić information content (AvgIpc) is 1.98. The average molecular weight is 202 g/mol. The number of phenolic OH excluding ortho intramolecular Hbond substituents is 2. The first-order valence-corrected chi connectivity index (χ1v) is 5.45. The van der Waals surface area contributed by atoms with Gasteiger partial charge in [-0.15, -0.1) is 0 Å². The molecule has 1 aromatic rings. The summed E-state index contributed by atoms with van der Waals surface area (Å²) in [7, 11) is -3.34. The second-order valence-electron chi connectivity index (χ2n) is 2.83. The molecule has 0 saturated carbocycles. The van der Waals surface area contributed by atoms with Crippen molar-refractivity contribution in [3.05, 3.63) is 17.7 Å². The summed E-state index contributed by atoms with van der Waals surface area (Å²) in [6.07, 6.45) is 1.05. The number of hydrogen-bond donors (Lipinski definition) is 2. The van der Waals surface area contributed by atoms with E-state index in [0.29, 0.717) is 0 Å². The predicted octanol–water partition coefficient (Wildman–Crippen LogP) is 0.810. The Balaban J connectivity index is 3.53. The van der Waals surface area contributed by atoms with Crippen molar-refractivity contribution < 1.29 is 18.6 Å². The first-order chi connectivity index (χ1) is 5.84. The number of rotatable bonds is 1. The lowest BCUT2D eigenvalue weighted by atomic mass is 10.2. The van der Waals surface area contributed by atoms with E-state index in [4.69, 9.17) is 5.11 Å². The van der Waals surface area contributed by atoms with E-state index in [2.05, 4.69) is 0 Å². The summed E-state index contributed by atoms with van der Waals surface area (Å²) in [5, 5.41) is 18.3. The molecule has 0 spiro atoms. The number of aromatic hydroxyl groups is 2. The molecule has 2 N–H and O–H groups in total. The molecule has 0 amide bonds. The fraction of sp³-hybridized carbons (Fsp3) is 0.250. The van der Waals surface area contributed by atoms with Gasteiger partial charge in [-0.05, 0) is 19.1 Å². The van der Waals surface area contributed by atoms with Gasteiger partial charge in [0, 0.05) is 11.8 Å². The van der Waals surface area contributed by atoms with Crippen LogP contribution in [0.5, 0.6) is 11.5 Å². The van der Waals surface area contributed by atoms with Crippen LogP contribution in [0.15, 0.2) is 17.0 Å². The van der Waals surface area contributed by atoms with E-state index in [1.807, 2.05) is 0 Å². The van der Waals surface area contributed by atoms with E-state index in [1.54, 1.807) is 0 Å². The van der Waals surface area contributed by atoms with E-state index >= 15 is 0 Å². The molecule has 0 aliphatic rings. The van der Waals surface area contributed by atoms with Crippen molar-refractivity contribution >= 4 is 9.84 Å². The molecule has 0 unspecified atom stereocenters. The van der Waals surface area contributed by atoms with E-state index in [9.17, 15) is 13.5 Å². The molecule has 0 fully saturated rings. The molecule has 0 radical (unpaired) electrons. The van der Waals surface area contributed by atoms with E-state index in [-0.39, 0.29) is 22.0 Å². The molecular formula is C8H10O4S. The summed E-state index contributed by atoms with van der Waals surface area (Å²) >= 11 is 0. The van der Waals surface area contributed by atoms with E-state index in [1.165, 1.54) is 13.0 Å². The van der Waals surface area contributed by atoms with Gasteiger partial charge in [0.15, 0.2) is 21.3 Å². The molecule has 1 rings (SSSR count). The van der Waals surface area contributed by atoms with Crippen LogP contribution >= 0.6 is 0 Å². The zero-order chi connectivity index (χ0) is 10.2. The van der Waals surface area contributed by atoms with Gasteiger partial charge < -0.3 is 10.2 Å². The molecule has 0 saturated heterocycles. The van der Waals surface area contributed by atoms with Crippen molar-refractivity contribution in [2.45, 2.75) is 11.8 Å². The maximum absolute atomic E-state index is 11.1. The quantitative estimate of drug-likeness (QED) is 0.661. The Morgan fingerprint density at radius 2 is 1.77 bits per heavy atom. The van der Waals surface area contributed by atoms with E-state index < -0.39 is 9.84 Å². The Morgan fingerprint density at radius 3 is 2.23 bits per heavy atom. The van der Waals surface area contributed by atoms with Crippen LogP contribution in [-0.4, -0.2) is 24.9 Å². The highest BCUT2D eigenvalue weighted by Gasteiger charge is 2.15. The summed E-state index contributed by atoms with van der Waals surface area (Å²) in [5.74, 6) is -0.701. The van der Waals surface area contributed by atoms with Crippen LogP contribution in [0.2, 0.25) is 0 Å². The minimum absolute atomic E-state index is 0.0304. The number of benzene rings is 1. The van der Waals surface area contributed by atoms with Crippen LogP contribution in [0.3, 0.4) is 0 Å². The molecule has 0 aliphatic carbocycles. The smallest absolute Gasteiger partial charge is 0.175 e. The van der Waals surface area contributed by atoms with Gasteiger partial charge in [-0.1, -0.05) is 0 Å². The van der Waals surface area contributed by atoms with Gasteiger partial charge in [-0.25, -0.2) is 8.42 Å². The van der Waals surface area contributed by atoms with E-state index in [0.717, 1.165) is 12.3 Å². The zero-order valence-corrected chi connectivity index (χ0v) is 8.09. The number of hydrogen-bond acceptors (Lipinski definition) is 4. The Bertz CT molecular complexity index is 434. The van der Waals surface area contributed by atoms with Crippen LogP contribution < -0.4 is 0 Å². The minimum Gasteiger partial charge on any atom is -0.504 e. The molecule has 72 valence electrons. The lowest BCUT2D eigenvalue weighted by Crippen LogP contribution is -1.99. The third kappa shape index (κ3) is 1.75. The number of sulfone groups is 1. The van der Waals surface area contributed by atoms with Gasteiger partial charge in [0.1, 0.15) is 0 Å². The monoisotopic (exact) mass is 202 g/mol. The van der Waals surface area contributed by atoms with Crippen LogP contribution in [0.1, 0.15) is 5.56 Å². The van der Waals surface area contributed by atoms with Crippen LogP contribution in [0.4, 0.5) is 0 Å². The Kier molecular flexibility index (Phi) is 2.21. The van der Waals surface area contributed by atoms with Gasteiger partial charge in [0.05, 0.1) is 4.90 Å². The molecule has 0 aliphatic heterocycles. The summed E-state index contributed by atoms with van der Waals surface area (Å²) in [5.41, 5.74) is 0.169. The topological polar surface area (TPSA) is 74.6 Å². The Morgan fingerprint density at radius 1 is 1.23 bits per heavy atom. The summed E-state index contributed by atoms with van der Waals surface area (Å²) in [6, 6.07) is 2.42. The predicted molar refractivity (Wildman–Crippen MR) is 47.6 cm³/mol. The van der Waals surface area contributed by atoms with Crippen molar-refractivity contribution in [3.8, 4) is 11.5 Å². The minimum atomic E-state index is -3.34. The fourth-order valence-corrected chi connectivity index (χ4v) is 2.04. The highest BCUT2D eigenvalue weighted by molar-refractivity contribution is 7.90. The molecule has 4 nitrogen and oxygen atoms in total. The second kappa shape index (κ2) is 2.92. The van der Waals surface area contributed by atoms with Gasteiger partial charge >= 0.3 is 0 Å². The molecular weight excluding hydrogens is 192 g/mol. The number of phenols is 2. The highest BCUT2D eigenvalue weighted by atomic mass is 32.2. The molecule has 1 aromatic carbocycles. The van der Waals surface area contributed by atoms with Crippen molar-refractivity contribution in [3.63, 3.8) is 0 Å². The molecule has 0 atom stereocenters. The van der Waals surface area contributed by atoms with Crippen LogP contribution in [0.25, 0.3) is 0 Å². The van der Waals surface area contributed by atoms with Crippen molar-refractivity contribution in [2.75, 3.05) is 6.26 Å². The lowest BCUT2D eigenvalue weighted by molar-refractivity contribution is 0.399. The third-order valence-corrected chi connectivity index (χ3v) is 3.00. The Hall–Kier alpha value is -1.23. The normalized spacial score (nSPS) is 11.5. The standard InChI is InChI=1S/C8H10O4S/c1-5-7(13(2,11)12)4-3-6(9)8(5)10/h3-4,9-10H,1-2H3. The summed E-state index contributed by atoms with van der Waals surface area (Å²) in [4.78, 5) is 0.0304.